The van der Waals surface area contributed by atoms with Crippen molar-refractivity contribution in [3.05, 3.63) is 99.8 Å². The molecule has 0 radical (unpaired) electrons. The molecule has 1 aromatic heterocycles. The van der Waals surface area contributed by atoms with Crippen molar-refractivity contribution in [1.82, 2.24) is 20.0 Å². The Kier molecular flexibility index (Phi) is 10.0. The van der Waals surface area contributed by atoms with E-state index in [0.717, 1.165) is 42.9 Å². The van der Waals surface area contributed by atoms with E-state index in [4.69, 9.17) is 32.9 Å². The largest absolute Gasteiger partial charge is 0.489 e. The van der Waals surface area contributed by atoms with Gasteiger partial charge in [0.25, 0.3) is 5.91 Å². The Bertz CT molecular complexity index is 1380. The van der Waals surface area contributed by atoms with Gasteiger partial charge in [-0.3, -0.25) is 14.8 Å². The highest BCUT2D eigenvalue weighted by Crippen LogP contribution is 2.33. The number of imidazole rings is 1. The standard InChI is InChI=1S/C29H28Cl2N4O2.C2H6/c1-20-27(29(36)33-34-16-6-3-7-17-34)32-28(25-15-10-22(30)18-26(25)31)35(20)23-11-13-24(14-12-23)37-19-21-8-4-2-5-9-21;1-2/h2,4-5,8-15,18H,3,6-7,16-17,19H2,1H3,(H,33,36);1-2H3. The molecule has 2 heterocycles. The Hall–Kier alpha value is -3.32. The quantitative estimate of drug-likeness (QED) is 0.248. The minimum absolute atomic E-state index is 0.229. The fourth-order valence-electron chi connectivity index (χ4n) is 4.52. The first-order chi connectivity index (χ1) is 19.0. The second-order valence-corrected chi connectivity index (χ2v) is 9.93. The summed E-state index contributed by atoms with van der Waals surface area (Å²) < 4.78 is 7.90. The normalized spacial score (nSPS) is 13.4. The molecule has 1 saturated heterocycles. The number of rotatable bonds is 7. The van der Waals surface area contributed by atoms with Crippen molar-refractivity contribution >= 4 is 29.1 Å². The number of nitrogens with one attached hydrogen (secondary N) is 1. The van der Waals surface area contributed by atoms with Crippen molar-refractivity contribution in [1.29, 1.82) is 0 Å². The number of benzene rings is 3. The summed E-state index contributed by atoms with van der Waals surface area (Å²) in [6.07, 6.45) is 3.32. The van der Waals surface area contributed by atoms with Gasteiger partial charge in [0.15, 0.2) is 5.69 Å². The molecule has 1 aliphatic rings. The van der Waals surface area contributed by atoms with Gasteiger partial charge in [-0.2, -0.15) is 0 Å². The van der Waals surface area contributed by atoms with Crippen molar-refractivity contribution in [2.24, 2.45) is 0 Å². The van der Waals surface area contributed by atoms with E-state index >= 15 is 0 Å². The minimum atomic E-state index is -0.229. The molecule has 1 aliphatic heterocycles. The summed E-state index contributed by atoms with van der Waals surface area (Å²) >= 11 is 12.7. The molecule has 0 bridgehead atoms. The van der Waals surface area contributed by atoms with Crippen LogP contribution in [0.1, 0.15) is 54.9 Å². The van der Waals surface area contributed by atoms with Crippen LogP contribution in [0.5, 0.6) is 5.75 Å². The Balaban J connectivity index is 0.00000172. The van der Waals surface area contributed by atoms with E-state index in [2.05, 4.69) is 5.43 Å². The van der Waals surface area contributed by atoms with Crippen LogP contribution in [-0.2, 0) is 6.61 Å². The first-order valence-corrected chi connectivity index (χ1v) is 14.1. The number of piperidine rings is 1. The summed E-state index contributed by atoms with van der Waals surface area (Å²) in [6.45, 7) is 8.06. The molecule has 1 N–H and O–H groups in total. The Morgan fingerprint density at radius 3 is 2.31 bits per heavy atom. The van der Waals surface area contributed by atoms with Crippen LogP contribution in [0.25, 0.3) is 17.1 Å². The molecule has 3 aromatic carbocycles. The maximum Gasteiger partial charge on any atom is 0.286 e. The van der Waals surface area contributed by atoms with Gasteiger partial charge in [-0.05, 0) is 67.8 Å². The van der Waals surface area contributed by atoms with Crippen molar-refractivity contribution in [3.63, 3.8) is 0 Å². The Morgan fingerprint density at radius 1 is 0.949 bits per heavy atom. The monoisotopic (exact) mass is 564 g/mol. The highest BCUT2D eigenvalue weighted by molar-refractivity contribution is 6.36. The number of amides is 1. The third-order valence-corrected chi connectivity index (χ3v) is 7.00. The predicted octanol–water partition coefficient (Wildman–Crippen LogP) is 7.89. The molecule has 1 amide bonds. The van der Waals surface area contributed by atoms with Gasteiger partial charge in [-0.25, -0.2) is 9.99 Å². The summed E-state index contributed by atoms with van der Waals surface area (Å²) in [4.78, 5) is 18.0. The second-order valence-electron chi connectivity index (χ2n) is 9.09. The van der Waals surface area contributed by atoms with Gasteiger partial charge in [-0.15, -0.1) is 0 Å². The molecular weight excluding hydrogens is 531 g/mol. The van der Waals surface area contributed by atoms with Crippen LogP contribution in [0.2, 0.25) is 10.0 Å². The lowest BCUT2D eigenvalue weighted by Crippen LogP contribution is -2.45. The first kappa shape index (κ1) is 28.7. The summed E-state index contributed by atoms with van der Waals surface area (Å²) in [5.41, 5.74) is 6.73. The van der Waals surface area contributed by atoms with E-state index in [1.807, 2.05) is 91.0 Å². The molecule has 0 unspecified atom stereocenters. The van der Waals surface area contributed by atoms with E-state index < -0.39 is 0 Å². The van der Waals surface area contributed by atoms with Crippen LogP contribution in [0.4, 0.5) is 0 Å². The van der Waals surface area contributed by atoms with E-state index in [1.54, 1.807) is 12.1 Å². The van der Waals surface area contributed by atoms with Gasteiger partial charge in [0.1, 0.15) is 18.2 Å². The van der Waals surface area contributed by atoms with Crippen LogP contribution in [0.3, 0.4) is 0 Å². The number of aromatic nitrogens is 2. The van der Waals surface area contributed by atoms with Crippen LogP contribution < -0.4 is 10.2 Å². The summed E-state index contributed by atoms with van der Waals surface area (Å²) in [6, 6.07) is 23.0. The first-order valence-electron chi connectivity index (χ1n) is 13.4. The Labute approximate surface area is 240 Å². The number of carbonyl (C=O) groups excluding carboxylic acids is 1. The number of hydrogen-bond donors (Lipinski definition) is 1. The van der Waals surface area contributed by atoms with Crippen molar-refractivity contribution in [2.45, 2.75) is 46.6 Å². The maximum absolute atomic E-state index is 13.3. The van der Waals surface area contributed by atoms with Crippen LogP contribution in [0, 0.1) is 6.92 Å². The fourth-order valence-corrected chi connectivity index (χ4v) is 5.01. The smallest absolute Gasteiger partial charge is 0.286 e. The highest BCUT2D eigenvalue weighted by Gasteiger charge is 2.24. The second kappa shape index (κ2) is 13.7. The fraction of sp³-hybridized carbons (Fsp3) is 0.290. The van der Waals surface area contributed by atoms with Gasteiger partial charge in [-0.1, -0.05) is 73.8 Å². The summed E-state index contributed by atoms with van der Waals surface area (Å²) in [7, 11) is 0. The van der Waals surface area contributed by atoms with E-state index in [9.17, 15) is 4.79 Å². The lowest BCUT2D eigenvalue weighted by atomic mass is 10.2. The summed E-state index contributed by atoms with van der Waals surface area (Å²) in [5.74, 6) is 1.09. The number of halogens is 2. The molecule has 0 spiro atoms. The number of nitrogens with zero attached hydrogens (tertiary/aromatic N) is 3. The van der Waals surface area contributed by atoms with E-state index in [0.29, 0.717) is 39.4 Å². The van der Waals surface area contributed by atoms with Gasteiger partial charge in [0.05, 0.1) is 10.7 Å². The van der Waals surface area contributed by atoms with Crippen molar-refractivity contribution < 1.29 is 9.53 Å². The molecular formula is C31H34Cl2N4O2. The molecule has 0 aliphatic carbocycles. The molecule has 0 saturated carbocycles. The molecule has 204 valence electrons. The molecule has 8 heteroatoms. The molecule has 6 nitrogen and oxygen atoms in total. The van der Waals surface area contributed by atoms with Crippen LogP contribution in [0.15, 0.2) is 72.8 Å². The highest BCUT2D eigenvalue weighted by atomic mass is 35.5. The zero-order valence-corrected chi connectivity index (χ0v) is 24.1. The molecule has 5 rings (SSSR count). The van der Waals surface area contributed by atoms with Crippen molar-refractivity contribution in [3.8, 4) is 22.8 Å². The summed E-state index contributed by atoms with van der Waals surface area (Å²) in [5, 5.41) is 2.97. The van der Waals surface area contributed by atoms with Gasteiger partial charge in [0, 0.05) is 29.4 Å². The third-order valence-electron chi connectivity index (χ3n) is 6.45. The van der Waals surface area contributed by atoms with Gasteiger partial charge < -0.3 is 4.74 Å². The zero-order valence-electron chi connectivity index (χ0n) is 22.6. The van der Waals surface area contributed by atoms with Gasteiger partial charge >= 0.3 is 0 Å². The van der Waals surface area contributed by atoms with E-state index in [1.165, 1.54) is 6.42 Å². The molecule has 4 aromatic rings. The molecule has 0 atom stereocenters. The number of carbonyl (C=O) groups is 1. The molecule has 1 fully saturated rings. The zero-order chi connectivity index (χ0) is 27.8. The van der Waals surface area contributed by atoms with Crippen LogP contribution >= 0.6 is 23.2 Å². The van der Waals surface area contributed by atoms with Crippen molar-refractivity contribution in [2.75, 3.05) is 13.1 Å². The van der Waals surface area contributed by atoms with Crippen LogP contribution in [-0.4, -0.2) is 33.6 Å². The maximum atomic E-state index is 13.3. The van der Waals surface area contributed by atoms with Gasteiger partial charge in [0.2, 0.25) is 0 Å². The molecule has 39 heavy (non-hydrogen) atoms. The SMILES string of the molecule is CC.Cc1c(C(=O)NN2CCCCC2)nc(-c2ccc(Cl)cc2Cl)n1-c1ccc(OCc2ccccc2)cc1. The average molecular weight is 566 g/mol. The topological polar surface area (TPSA) is 59.4 Å². The Morgan fingerprint density at radius 2 is 1.64 bits per heavy atom. The minimum Gasteiger partial charge on any atom is -0.489 e. The number of ether oxygens (including phenoxy) is 1. The average Bonchev–Trinajstić information content (AvgIpc) is 3.31. The third kappa shape index (κ3) is 7.01. The lowest BCUT2D eigenvalue weighted by molar-refractivity contribution is 0.0744. The number of hydrazine groups is 1. The number of hydrogen-bond acceptors (Lipinski definition) is 4. The lowest BCUT2D eigenvalue weighted by Gasteiger charge is -2.26. The predicted molar refractivity (Wildman–Crippen MR) is 159 cm³/mol. The van der Waals surface area contributed by atoms with E-state index in [-0.39, 0.29) is 5.91 Å².